The molecule has 3 aliphatic carbocycles. The van der Waals surface area contributed by atoms with Crippen molar-refractivity contribution < 1.29 is 19.4 Å². The number of fused-ring (bicyclic) bond motifs is 4. The van der Waals surface area contributed by atoms with Gasteiger partial charge in [-0.25, -0.2) is 4.79 Å². The minimum Gasteiger partial charge on any atom is -0.481 e. The molecule has 1 amide bonds. The van der Waals surface area contributed by atoms with Gasteiger partial charge in [-0.1, -0.05) is 48.5 Å². The summed E-state index contributed by atoms with van der Waals surface area (Å²) in [5, 5.41) is 12.3. The number of carbonyl (C=O) groups excluding carboxylic acids is 1. The molecule has 5 heteroatoms. The Morgan fingerprint density at radius 2 is 1.52 bits per heavy atom. The Kier molecular flexibility index (Phi) is 4.34. The molecule has 0 radical (unpaired) electrons. The standard InChI is InChI=1S/C24H25NO4/c26-22(27)13-24(11-15-9-10-16(15)12-24)25-23(28)29-14-21-19-7-3-1-5-17(19)18-6-2-4-8-20(18)21/h1-8,15-16,21H,9-14H2,(H,25,28)(H,26,27). The molecule has 0 spiro atoms. The Morgan fingerprint density at radius 1 is 0.966 bits per heavy atom. The highest BCUT2D eigenvalue weighted by molar-refractivity contribution is 5.79. The quantitative estimate of drug-likeness (QED) is 0.784. The van der Waals surface area contributed by atoms with Crippen LogP contribution in [0, 0.1) is 11.8 Å². The number of alkyl carbamates (subject to hydrolysis) is 1. The van der Waals surface area contributed by atoms with E-state index in [4.69, 9.17) is 4.74 Å². The van der Waals surface area contributed by atoms with E-state index in [0.717, 1.165) is 25.7 Å². The number of aliphatic carboxylic acids is 1. The fourth-order valence-electron chi connectivity index (χ4n) is 5.69. The third-order valence-corrected chi connectivity index (χ3v) is 7.08. The van der Waals surface area contributed by atoms with Crippen LogP contribution in [0.2, 0.25) is 0 Å². The van der Waals surface area contributed by atoms with E-state index in [-0.39, 0.29) is 18.9 Å². The summed E-state index contributed by atoms with van der Waals surface area (Å²) in [6.45, 7) is 0.246. The van der Waals surface area contributed by atoms with E-state index in [2.05, 4.69) is 29.6 Å². The van der Waals surface area contributed by atoms with Crippen molar-refractivity contribution in [2.45, 2.75) is 43.6 Å². The number of benzene rings is 2. The zero-order valence-electron chi connectivity index (χ0n) is 16.3. The van der Waals surface area contributed by atoms with Gasteiger partial charge in [0.2, 0.25) is 0 Å². The van der Waals surface area contributed by atoms with Gasteiger partial charge in [-0.2, -0.15) is 0 Å². The van der Waals surface area contributed by atoms with Gasteiger partial charge in [0, 0.05) is 5.92 Å². The van der Waals surface area contributed by atoms with Crippen molar-refractivity contribution in [1.82, 2.24) is 5.32 Å². The maximum atomic E-state index is 12.7. The summed E-state index contributed by atoms with van der Waals surface area (Å²) >= 11 is 0. The summed E-state index contributed by atoms with van der Waals surface area (Å²) < 4.78 is 5.66. The van der Waals surface area contributed by atoms with Crippen LogP contribution in [0.1, 0.15) is 49.1 Å². The largest absolute Gasteiger partial charge is 0.481 e. The van der Waals surface area contributed by atoms with Crippen LogP contribution < -0.4 is 5.32 Å². The van der Waals surface area contributed by atoms with Gasteiger partial charge < -0.3 is 15.2 Å². The Labute approximate surface area is 170 Å². The predicted octanol–water partition coefficient (Wildman–Crippen LogP) is 4.56. The first-order valence-electron chi connectivity index (χ1n) is 10.4. The molecule has 2 fully saturated rings. The number of ether oxygens (including phenoxy) is 1. The second-order valence-corrected chi connectivity index (χ2v) is 8.81. The van der Waals surface area contributed by atoms with E-state index in [0.29, 0.717) is 11.8 Å². The first kappa shape index (κ1) is 18.2. The molecular formula is C24H25NO4. The SMILES string of the molecule is O=C(O)CC1(NC(=O)OCC2c3ccccc3-c3ccccc32)CC2CCC2C1. The average Bonchev–Trinajstić information content (AvgIpc) is 3.13. The molecule has 2 aromatic rings. The van der Waals surface area contributed by atoms with E-state index in [1.54, 1.807) is 0 Å². The van der Waals surface area contributed by atoms with Crippen LogP contribution in [0.3, 0.4) is 0 Å². The van der Waals surface area contributed by atoms with Crippen LogP contribution in [-0.2, 0) is 9.53 Å². The predicted molar refractivity (Wildman–Crippen MR) is 109 cm³/mol. The number of amides is 1. The van der Waals surface area contributed by atoms with Crippen molar-refractivity contribution in [2.24, 2.45) is 11.8 Å². The van der Waals surface area contributed by atoms with Crippen LogP contribution in [0.25, 0.3) is 11.1 Å². The fourth-order valence-corrected chi connectivity index (χ4v) is 5.69. The monoisotopic (exact) mass is 391 g/mol. The number of rotatable bonds is 5. The van der Waals surface area contributed by atoms with E-state index in [1.807, 2.05) is 24.3 Å². The van der Waals surface area contributed by atoms with Crippen LogP contribution in [0.5, 0.6) is 0 Å². The summed E-state index contributed by atoms with van der Waals surface area (Å²) in [5.41, 5.74) is 4.04. The van der Waals surface area contributed by atoms with Crippen LogP contribution >= 0.6 is 0 Å². The summed E-state index contributed by atoms with van der Waals surface area (Å²) in [4.78, 5) is 24.1. The van der Waals surface area contributed by atoms with Crippen molar-refractivity contribution >= 4 is 12.1 Å². The van der Waals surface area contributed by atoms with Crippen molar-refractivity contribution in [3.05, 3.63) is 59.7 Å². The van der Waals surface area contributed by atoms with Gasteiger partial charge in [-0.15, -0.1) is 0 Å². The lowest BCUT2D eigenvalue weighted by molar-refractivity contribution is -0.138. The van der Waals surface area contributed by atoms with E-state index in [9.17, 15) is 14.7 Å². The first-order valence-corrected chi connectivity index (χ1v) is 10.4. The van der Waals surface area contributed by atoms with E-state index in [1.165, 1.54) is 22.3 Å². The highest BCUT2D eigenvalue weighted by Gasteiger charge is 2.51. The highest BCUT2D eigenvalue weighted by atomic mass is 16.5. The second kappa shape index (κ2) is 6.90. The van der Waals surface area contributed by atoms with Crippen LogP contribution in [0.15, 0.2) is 48.5 Å². The van der Waals surface area contributed by atoms with Gasteiger partial charge in [0.15, 0.2) is 0 Å². The van der Waals surface area contributed by atoms with Crippen molar-refractivity contribution in [1.29, 1.82) is 0 Å². The number of hydrogen-bond acceptors (Lipinski definition) is 3. The lowest BCUT2D eigenvalue weighted by Crippen LogP contribution is -2.48. The fraction of sp³-hybridized carbons (Fsp3) is 0.417. The number of carboxylic acids is 1. The minimum atomic E-state index is -0.870. The number of carbonyl (C=O) groups is 2. The Hall–Kier alpha value is -2.82. The topological polar surface area (TPSA) is 75.6 Å². The Morgan fingerprint density at radius 3 is 2.03 bits per heavy atom. The number of carboxylic acid groups (broad SMARTS) is 1. The van der Waals surface area contributed by atoms with Crippen molar-refractivity contribution in [2.75, 3.05) is 6.61 Å². The van der Waals surface area contributed by atoms with E-state index < -0.39 is 17.6 Å². The molecule has 0 saturated heterocycles. The Balaban J connectivity index is 1.30. The van der Waals surface area contributed by atoms with Gasteiger partial charge in [-0.05, 0) is 59.8 Å². The maximum Gasteiger partial charge on any atom is 0.407 e. The summed E-state index contributed by atoms with van der Waals surface area (Å²) in [6.07, 6.45) is 3.22. The first-order chi connectivity index (χ1) is 14.0. The van der Waals surface area contributed by atoms with Gasteiger partial charge in [0.05, 0.1) is 12.0 Å². The Bertz CT molecular complexity index is 911. The molecule has 0 aromatic heterocycles. The van der Waals surface area contributed by atoms with Gasteiger partial charge in [0.25, 0.3) is 0 Å². The summed E-state index contributed by atoms with van der Waals surface area (Å²) in [6, 6.07) is 16.4. The number of nitrogens with one attached hydrogen (secondary N) is 1. The lowest BCUT2D eigenvalue weighted by atomic mass is 9.77. The van der Waals surface area contributed by atoms with Gasteiger partial charge in [-0.3, -0.25) is 4.79 Å². The normalized spacial score (nSPS) is 26.8. The summed E-state index contributed by atoms with van der Waals surface area (Å²) in [5.74, 6) is 0.222. The smallest absolute Gasteiger partial charge is 0.407 e. The molecule has 150 valence electrons. The second-order valence-electron chi connectivity index (χ2n) is 8.81. The molecule has 2 unspecified atom stereocenters. The third kappa shape index (κ3) is 3.18. The third-order valence-electron chi connectivity index (χ3n) is 7.08. The van der Waals surface area contributed by atoms with Gasteiger partial charge in [0.1, 0.15) is 6.61 Å². The van der Waals surface area contributed by atoms with E-state index >= 15 is 0 Å². The van der Waals surface area contributed by atoms with Crippen molar-refractivity contribution in [3.8, 4) is 11.1 Å². The minimum absolute atomic E-state index is 0.00309. The highest BCUT2D eigenvalue weighted by Crippen LogP contribution is 2.52. The zero-order chi connectivity index (χ0) is 20.0. The molecular weight excluding hydrogens is 366 g/mol. The molecule has 0 heterocycles. The molecule has 3 aliphatic rings. The lowest BCUT2D eigenvalue weighted by Gasteiger charge is -2.29. The van der Waals surface area contributed by atoms with Crippen LogP contribution in [0.4, 0.5) is 4.79 Å². The molecule has 5 rings (SSSR count). The average molecular weight is 391 g/mol. The molecule has 2 saturated carbocycles. The van der Waals surface area contributed by atoms with Crippen molar-refractivity contribution in [3.63, 3.8) is 0 Å². The molecule has 0 bridgehead atoms. The van der Waals surface area contributed by atoms with Crippen LogP contribution in [-0.4, -0.2) is 29.3 Å². The zero-order valence-corrected chi connectivity index (χ0v) is 16.3. The number of hydrogen-bond donors (Lipinski definition) is 2. The molecule has 29 heavy (non-hydrogen) atoms. The summed E-state index contributed by atoms with van der Waals surface area (Å²) in [7, 11) is 0. The molecule has 2 N–H and O–H groups in total. The molecule has 2 aromatic carbocycles. The molecule has 5 nitrogen and oxygen atoms in total. The molecule has 2 atom stereocenters. The molecule has 0 aliphatic heterocycles. The van der Waals surface area contributed by atoms with Gasteiger partial charge >= 0.3 is 12.1 Å². The maximum absolute atomic E-state index is 12.7.